The number of ketones is 1. The number of ether oxygens (including phenoxy) is 1. The zero-order valence-corrected chi connectivity index (χ0v) is 10.6. The van der Waals surface area contributed by atoms with Gasteiger partial charge in [0.25, 0.3) is 0 Å². The molecule has 2 rings (SSSR count). The van der Waals surface area contributed by atoms with Crippen LogP contribution in [-0.2, 0) is 16.0 Å². The summed E-state index contributed by atoms with van der Waals surface area (Å²) >= 11 is 0. The Kier molecular flexibility index (Phi) is 3.57. The molecule has 0 amide bonds. The van der Waals surface area contributed by atoms with Crippen LogP contribution in [0.2, 0.25) is 0 Å². The van der Waals surface area contributed by atoms with Crippen LogP contribution >= 0.6 is 0 Å². The van der Waals surface area contributed by atoms with Gasteiger partial charge >= 0.3 is 0 Å². The maximum absolute atomic E-state index is 12.3. The average Bonchev–Trinajstić information content (AvgIpc) is 2.54. The van der Waals surface area contributed by atoms with Gasteiger partial charge < -0.3 is 4.74 Å². The molecule has 1 aliphatic rings. The molecule has 1 aromatic heterocycles. The van der Waals surface area contributed by atoms with Crippen molar-refractivity contribution in [1.82, 2.24) is 4.98 Å². The van der Waals surface area contributed by atoms with Gasteiger partial charge in [-0.15, -0.1) is 0 Å². The lowest BCUT2D eigenvalue weighted by atomic mass is 9.84. The Balaban J connectivity index is 2.06. The van der Waals surface area contributed by atoms with E-state index in [0.717, 1.165) is 5.69 Å². The molecular formula is C14H19NO2. The third-order valence-corrected chi connectivity index (χ3v) is 3.70. The normalized spacial score (nSPS) is 32.6. The minimum absolute atomic E-state index is 0.00649. The lowest BCUT2D eigenvalue weighted by Gasteiger charge is -2.16. The number of hydrogen-bond donors (Lipinski definition) is 0. The maximum Gasteiger partial charge on any atom is 0.144 e. The van der Waals surface area contributed by atoms with E-state index in [1.807, 2.05) is 32.0 Å². The van der Waals surface area contributed by atoms with Crippen molar-refractivity contribution in [3.05, 3.63) is 30.1 Å². The van der Waals surface area contributed by atoms with Gasteiger partial charge in [0.05, 0.1) is 12.2 Å². The molecular weight excluding hydrogens is 214 g/mol. The van der Waals surface area contributed by atoms with Crippen LogP contribution in [0.3, 0.4) is 0 Å². The van der Waals surface area contributed by atoms with Crippen molar-refractivity contribution in [3.8, 4) is 0 Å². The van der Waals surface area contributed by atoms with E-state index in [2.05, 4.69) is 11.9 Å². The highest BCUT2D eigenvalue weighted by Crippen LogP contribution is 2.33. The van der Waals surface area contributed by atoms with Gasteiger partial charge in [0.2, 0.25) is 0 Å². The van der Waals surface area contributed by atoms with Crippen molar-refractivity contribution < 1.29 is 9.53 Å². The quantitative estimate of drug-likeness (QED) is 0.803. The third kappa shape index (κ3) is 2.55. The second-order valence-electron chi connectivity index (χ2n) is 4.90. The largest absolute Gasteiger partial charge is 0.375 e. The van der Waals surface area contributed by atoms with Crippen molar-refractivity contribution in [3.63, 3.8) is 0 Å². The van der Waals surface area contributed by atoms with E-state index in [9.17, 15) is 4.79 Å². The summed E-state index contributed by atoms with van der Waals surface area (Å²) in [6.45, 7) is 6.12. The van der Waals surface area contributed by atoms with E-state index in [-0.39, 0.29) is 23.9 Å². The summed E-state index contributed by atoms with van der Waals surface area (Å²) in [5, 5.41) is 0. The van der Waals surface area contributed by atoms with E-state index >= 15 is 0 Å². The average molecular weight is 233 g/mol. The van der Waals surface area contributed by atoms with Crippen molar-refractivity contribution in [2.75, 3.05) is 0 Å². The van der Waals surface area contributed by atoms with Crippen LogP contribution in [0, 0.1) is 11.8 Å². The van der Waals surface area contributed by atoms with Gasteiger partial charge in [0.1, 0.15) is 5.78 Å². The van der Waals surface area contributed by atoms with E-state index < -0.39 is 0 Å². The summed E-state index contributed by atoms with van der Waals surface area (Å²) in [5.74, 6) is 0.543. The number of pyridine rings is 1. The number of carbonyl (C=O) groups is 1. The Morgan fingerprint density at radius 2 is 2.06 bits per heavy atom. The molecule has 0 aromatic carbocycles. The van der Waals surface area contributed by atoms with Gasteiger partial charge in [-0.1, -0.05) is 13.0 Å². The van der Waals surface area contributed by atoms with Crippen LogP contribution < -0.4 is 0 Å². The Bertz CT molecular complexity index is 390. The molecule has 3 nitrogen and oxygen atoms in total. The molecule has 1 aromatic rings. The van der Waals surface area contributed by atoms with E-state index in [1.54, 1.807) is 6.20 Å². The van der Waals surface area contributed by atoms with Gasteiger partial charge in [-0.3, -0.25) is 9.78 Å². The van der Waals surface area contributed by atoms with Gasteiger partial charge in [-0.2, -0.15) is 0 Å². The van der Waals surface area contributed by atoms with Crippen molar-refractivity contribution in [1.29, 1.82) is 0 Å². The Labute approximate surface area is 102 Å². The first-order chi connectivity index (χ1) is 8.09. The Morgan fingerprint density at radius 3 is 2.59 bits per heavy atom. The molecule has 2 heterocycles. The smallest absolute Gasteiger partial charge is 0.144 e. The highest BCUT2D eigenvalue weighted by Gasteiger charge is 2.41. The first kappa shape index (κ1) is 12.2. The number of aromatic nitrogens is 1. The molecule has 0 spiro atoms. The molecule has 0 saturated carbocycles. The predicted octanol–water partition coefficient (Wildman–Crippen LogP) is 2.25. The Hall–Kier alpha value is -1.22. The topological polar surface area (TPSA) is 39.2 Å². The summed E-state index contributed by atoms with van der Waals surface area (Å²) in [6.07, 6.45) is 2.33. The van der Waals surface area contributed by atoms with Crippen LogP contribution in [-0.4, -0.2) is 23.0 Å². The minimum atomic E-state index is 0.00649. The molecule has 1 fully saturated rings. The molecule has 0 N–H and O–H groups in total. The standard InChI is InChI=1S/C14H19NO2/c1-9-10(2)17-11(3)14(9)13(16)8-12-6-4-5-7-15-12/h4-7,9-11,14H,8H2,1-3H3. The third-order valence-electron chi connectivity index (χ3n) is 3.70. The summed E-state index contributed by atoms with van der Waals surface area (Å²) < 4.78 is 5.70. The van der Waals surface area contributed by atoms with E-state index in [1.165, 1.54) is 0 Å². The molecule has 0 aliphatic carbocycles. The van der Waals surface area contributed by atoms with Crippen molar-refractivity contribution in [2.45, 2.75) is 39.4 Å². The first-order valence-electron chi connectivity index (χ1n) is 6.17. The van der Waals surface area contributed by atoms with Gasteiger partial charge in [0, 0.05) is 24.2 Å². The molecule has 0 bridgehead atoms. The van der Waals surface area contributed by atoms with Crippen LogP contribution in [0.5, 0.6) is 0 Å². The fourth-order valence-electron chi connectivity index (χ4n) is 2.62. The van der Waals surface area contributed by atoms with Gasteiger partial charge in [-0.05, 0) is 31.9 Å². The molecule has 0 radical (unpaired) electrons. The lowest BCUT2D eigenvalue weighted by Crippen LogP contribution is -2.28. The molecule has 92 valence electrons. The number of rotatable bonds is 3. The highest BCUT2D eigenvalue weighted by molar-refractivity contribution is 5.84. The highest BCUT2D eigenvalue weighted by atomic mass is 16.5. The molecule has 4 atom stereocenters. The second kappa shape index (κ2) is 4.96. The monoisotopic (exact) mass is 233 g/mol. The molecule has 1 saturated heterocycles. The molecule has 17 heavy (non-hydrogen) atoms. The second-order valence-corrected chi connectivity index (χ2v) is 4.90. The fraction of sp³-hybridized carbons (Fsp3) is 0.571. The van der Waals surface area contributed by atoms with Crippen LogP contribution in [0.15, 0.2) is 24.4 Å². The number of hydrogen-bond acceptors (Lipinski definition) is 3. The van der Waals surface area contributed by atoms with Crippen LogP contribution in [0.25, 0.3) is 0 Å². The predicted molar refractivity (Wildman–Crippen MR) is 65.6 cm³/mol. The fourth-order valence-corrected chi connectivity index (χ4v) is 2.62. The molecule has 1 aliphatic heterocycles. The number of nitrogens with zero attached hydrogens (tertiary/aromatic N) is 1. The van der Waals surface area contributed by atoms with Gasteiger partial charge in [-0.25, -0.2) is 0 Å². The SMILES string of the molecule is CC1OC(C)C(C(=O)Cc2ccccn2)C1C. The molecule has 3 heteroatoms. The maximum atomic E-state index is 12.3. The van der Waals surface area contributed by atoms with Gasteiger partial charge in [0.15, 0.2) is 0 Å². The zero-order chi connectivity index (χ0) is 12.4. The Morgan fingerprint density at radius 1 is 1.29 bits per heavy atom. The van der Waals surface area contributed by atoms with Crippen molar-refractivity contribution in [2.24, 2.45) is 11.8 Å². The number of carbonyl (C=O) groups excluding carboxylic acids is 1. The van der Waals surface area contributed by atoms with Crippen LogP contribution in [0.4, 0.5) is 0 Å². The molecule has 4 unspecified atom stereocenters. The number of Topliss-reactive ketones (excluding diaryl/α,β-unsaturated/α-hetero) is 1. The zero-order valence-electron chi connectivity index (χ0n) is 10.6. The van der Waals surface area contributed by atoms with E-state index in [4.69, 9.17) is 4.74 Å². The van der Waals surface area contributed by atoms with Crippen LogP contribution in [0.1, 0.15) is 26.5 Å². The van der Waals surface area contributed by atoms with E-state index in [0.29, 0.717) is 12.3 Å². The summed E-state index contributed by atoms with van der Waals surface area (Å²) in [5.41, 5.74) is 0.844. The summed E-state index contributed by atoms with van der Waals surface area (Å²) in [7, 11) is 0. The summed E-state index contributed by atoms with van der Waals surface area (Å²) in [4.78, 5) is 16.5. The van der Waals surface area contributed by atoms with Crippen molar-refractivity contribution >= 4 is 5.78 Å². The summed E-state index contributed by atoms with van der Waals surface area (Å²) in [6, 6.07) is 5.67. The first-order valence-corrected chi connectivity index (χ1v) is 6.17. The lowest BCUT2D eigenvalue weighted by molar-refractivity contribution is -0.124. The minimum Gasteiger partial charge on any atom is -0.375 e.